The van der Waals surface area contributed by atoms with Crippen molar-refractivity contribution in [2.24, 2.45) is 0 Å². The minimum absolute atomic E-state index is 0.0859. The van der Waals surface area contributed by atoms with E-state index in [1.54, 1.807) is 35.6 Å². The van der Waals surface area contributed by atoms with Crippen LogP contribution in [-0.2, 0) is 0 Å². The van der Waals surface area contributed by atoms with Crippen molar-refractivity contribution in [2.45, 2.75) is 12.3 Å². The highest BCUT2D eigenvalue weighted by Crippen LogP contribution is 2.41. The second kappa shape index (κ2) is 5.80. The number of thiophene rings is 1. The van der Waals surface area contributed by atoms with Crippen LogP contribution in [0.5, 0.6) is 0 Å². The summed E-state index contributed by atoms with van der Waals surface area (Å²) in [5.41, 5.74) is 0.704. The maximum absolute atomic E-state index is 12.6. The predicted octanol–water partition coefficient (Wildman–Crippen LogP) is 4.60. The highest BCUT2D eigenvalue weighted by molar-refractivity contribution is 7.99. The molecular weight excluding hydrogens is 310 g/mol. The van der Waals surface area contributed by atoms with Crippen LogP contribution in [0.2, 0.25) is 5.02 Å². The first kappa shape index (κ1) is 14.0. The monoisotopic (exact) mass is 323 g/mol. The maximum atomic E-state index is 12.6. The lowest BCUT2D eigenvalue weighted by Gasteiger charge is -2.23. The van der Waals surface area contributed by atoms with Crippen LogP contribution in [0.3, 0.4) is 0 Å². The van der Waals surface area contributed by atoms with Gasteiger partial charge < -0.3 is 4.90 Å². The SMILES string of the molecule is Cc1ccc([C@H]2SCCN2C(=O)c2ccc(Cl)cc2)s1. The van der Waals surface area contributed by atoms with E-state index in [2.05, 4.69) is 19.1 Å². The Morgan fingerprint density at radius 3 is 2.65 bits per heavy atom. The standard InChI is InChI=1S/C15H14ClNOS2/c1-10-2-7-13(20-10)15-17(8-9-19-15)14(18)11-3-5-12(16)6-4-11/h2-7,15H,8-9H2,1H3/t15-/m1/s1. The molecule has 20 heavy (non-hydrogen) atoms. The number of nitrogens with zero attached hydrogens (tertiary/aromatic N) is 1. The zero-order chi connectivity index (χ0) is 14.1. The lowest BCUT2D eigenvalue weighted by Crippen LogP contribution is -2.30. The summed E-state index contributed by atoms with van der Waals surface area (Å²) in [5.74, 6) is 1.07. The van der Waals surface area contributed by atoms with Crippen LogP contribution in [0.4, 0.5) is 0 Å². The molecule has 1 saturated heterocycles. The Labute approximate surface area is 131 Å². The second-order valence-electron chi connectivity index (χ2n) is 4.68. The molecule has 0 aliphatic carbocycles. The number of benzene rings is 1. The Balaban J connectivity index is 1.85. The van der Waals surface area contributed by atoms with Crippen LogP contribution < -0.4 is 0 Å². The summed E-state index contributed by atoms with van der Waals surface area (Å²) in [4.78, 5) is 17.1. The molecule has 0 bridgehead atoms. The molecular formula is C15H14ClNOS2. The third-order valence-electron chi connectivity index (χ3n) is 3.25. The minimum atomic E-state index is 0.0859. The average Bonchev–Trinajstić information content (AvgIpc) is 3.07. The first-order valence-electron chi connectivity index (χ1n) is 6.39. The van der Waals surface area contributed by atoms with Gasteiger partial charge in [-0.15, -0.1) is 23.1 Å². The van der Waals surface area contributed by atoms with Gasteiger partial charge in [0.15, 0.2) is 0 Å². The van der Waals surface area contributed by atoms with Gasteiger partial charge in [-0.3, -0.25) is 4.79 Å². The van der Waals surface area contributed by atoms with E-state index in [-0.39, 0.29) is 11.3 Å². The number of amides is 1. The third-order valence-corrected chi connectivity index (χ3v) is 5.94. The predicted molar refractivity (Wildman–Crippen MR) is 86.7 cm³/mol. The second-order valence-corrected chi connectivity index (χ2v) is 7.62. The Hall–Kier alpha value is -0.970. The fourth-order valence-electron chi connectivity index (χ4n) is 2.26. The van der Waals surface area contributed by atoms with Gasteiger partial charge in [0.05, 0.1) is 0 Å². The van der Waals surface area contributed by atoms with E-state index in [9.17, 15) is 4.79 Å². The van der Waals surface area contributed by atoms with E-state index in [0.29, 0.717) is 10.6 Å². The molecule has 1 fully saturated rings. The lowest BCUT2D eigenvalue weighted by molar-refractivity contribution is 0.0762. The molecule has 0 spiro atoms. The number of hydrogen-bond acceptors (Lipinski definition) is 3. The number of aryl methyl sites for hydroxylation is 1. The van der Waals surface area contributed by atoms with Crippen molar-refractivity contribution in [3.05, 3.63) is 56.7 Å². The zero-order valence-electron chi connectivity index (χ0n) is 11.0. The number of halogens is 1. The molecule has 1 atom stereocenters. The van der Waals surface area contributed by atoms with Crippen molar-refractivity contribution in [1.82, 2.24) is 4.90 Å². The van der Waals surface area contributed by atoms with E-state index < -0.39 is 0 Å². The fourth-order valence-corrected chi connectivity index (χ4v) is 4.75. The van der Waals surface area contributed by atoms with Crippen molar-refractivity contribution in [1.29, 1.82) is 0 Å². The molecule has 1 aromatic heterocycles. The lowest BCUT2D eigenvalue weighted by atomic mass is 10.2. The van der Waals surface area contributed by atoms with Gasteiger partial charge in [0.25, 0.3) is 5.91 Å². The highest BCUT2D eigenvalue weighted by Gasteiger charge is 2.32. The normalized spacial score (nSPS) is 18.5. The van der Waals surface area contributed by atoms with Crippen LogP contribution in [-0.4, -0.2) is 23.1 Å². The van der Waals surface area contributed by atoms with Crippen LogP contribution in [0.25, 0.3) is 0 Å². The van der Waals surface area contributed by atoms with Gasteiger partial charge in [-0.1, -0.05) is 11.6 Å². The van der Waals surface area contributed by atoms with Crippen molar-refractivity contribution >= 4 is 40.6 Å². The van der Waals surface area contributed by atoms with Gasteiger partial charge in [0.2, 0.25) is 0 Å². The molecule has 5 heteroatoms. The van der Waals surface area contributed by atoms with Crippen LogP contribution in [0.15, 0.2) is 36.4 Å². The summed E-state index contributed by atoms with van der Waals surface area (Å²) < 4.78 is 0. The molecule has 1 aliphatic heterocycles. The van der Waals surface area contributed by atoms with Gasteiger partial charge in [-0.25, -0.2) is 0 Å². The topological polar surface area (TPSA) is 20.3 Å². The summed E-state index contributed by atoms with van der Waals surface area (Å²) in [5, 5.41) is 0.805. The molecule has 0 radical (unpaired) electrons. The molecule has 1 amide bonds. The van der Waals surface area contributed by atoms with Gasteiger partial charge in [-0.05, 0) is 43.3 Å². The number of hydrogen-bond donors (Lipinski definition) is 0. The van der Waals surface area contributed by atoms with E-state index in [1.807, 2.05) is 16.7 Å². The summed E-state index contributed by atoms with van der Waals surface area (Å²) in [6, 6.07) is 11.4. The van der Waals surface area contributed by atoms with Gasteiger partial charge in [0.1, 0.15) is 5.37 Å². The van der Waals surface area contributed by atoms with Crippen LogP contribution in [0, 0.1) is 6.92 Å². The summed E-state index contributed by atoms with van der Waals surface area (Å²) >= 11 is 9.48. The fraction of sp³-hybridized carbons (Fsp3) is 0.267. The van der Waals surface area contributed by atoms with Crippen molar-refractivity contribution in [3.8, 4) is 0 Å². The van der Waals surface area contributed by atoms with Crippen molar-refractivity contribution in [2.75, 3.05) is 12.3 Å². The first-order valence-corrected chi connectivity index (χ1v) is 8.64. The smallest absolute Gasteiger partial charge is 0.255 e. The zero-order valence-corrected chi connectivity index (χ0v) is 13.4. The number of carbonyl (C=O) groups excluding carboxylic acids is 1. The summed E-state index contributed by atoms with van der Waals surface area (Å²) in [7, 11) is 0. The minimum Gasteiger partial charge on any atom is -0.321 e. The van der Waals surface area contributed by atoms with E-state index in [1.165, 1.54) is 9.75 Å². The Morgan fingerprint density at radius 2 is 2.00 bits per heavy atom. The Bertz CT molecular complexity index is 623. The molecule has 2 aromatic rings. The first-order chi connectivity index (χ1) is 9.65. The highest BCUT2D eigenvalue weighted by atomic mass is 35.5. The molecule has 0 N–H and O–H groups in total. The number of thioether (sulfide) groups is 1. The molecule has 104 valence electrons. The molecule has 0 saturated carbocycles. The maximum Gasteiger partial charge on any atom is 0.255 e. The molecule has 3 rings (SSSR count). The Kier molecular flexibility index (Phi) is 4.06. The summed E-state index contributed by atoms with van der Waals surface area (Å²) in [6.07, 6.45) is 0. The summed E-state index contributed by atoms with van der Waals surface area (Å²) in [6.45, 7) is 2.90. The van der Waals surface area contributed by atoms with E-state index in [4.69, 9.17) is 11.6 Å². The van der Waals surface area contributed by atoms with Gasteiger partial charge in [0, 0.05) is 32.6 Å². The van der Waals surface area contributed by atoms with Crippen LogP contribution in [0.1, 0.15) is 25.5 Å². The van der Waals surface area contributed by atoms with E-state index >= 15 is 0 Å². The van der Waals surface area contributed by atoms with Crippen LogP contribution >= 0.6 is 34.7 Å². The number of rotatable bonds is 2. The molecule has 2 nitrogen and oxygen atoms in total. The quantitative estimate of drug-likeness (QED) is 0.805. The third kappa shape index (κ3) is 2.73. The largest absolute Gasteiger partial charge is 0.321 e. The Morgan fingerprint density at radius 1 is 1.25 bits per heavy atom. The van der Waals surface area contributed by atoms with Gasteiger partial charge in [-0.2, -0.15) is 0 Å². The van der Waals surface area contributed by atoms with Crippen molar-refractivity contribution in [3.63, 3.8) is 0 Å². The van der Waals surface area contributed by atoms with E-state index in [0.717, 1.165) is 12.3 Å². The molecule has 1 aliphatic rings. The molecule has 1 aromatic carbocycles. The van der Waals surface area contributed by atoms with Gasteiger partial charge >= 0.3 is 0 Å². The average molecular weight is 324 g/mol. The van der Waals surface area contributed by atoms with Crippen molar-refractivity contribution < 1.29 is 4.79 Å². The molecule has 2 heterocycles. The molecule has 0 unspecified atom stereocenters. The number of carbonyl (C=O) groups is 1.